The second-order valence-corrected chi connectivity index (χ2v) is 10.4. The Labute approximate surface area is 216 Å². The van der Waals surface area contributed by atoms with Crippen molar-refractivity contribution in [1.82, 2.24) is 4.57 Å². The van der Waals surface area contributed by atoms with E-state index in [4.69, 9.17) is 9.47 Å². The van der Waals surface area contributed by atoms with Crippen LogP contribution in [0.5, 0.6) is 5.75 Å². The summed E-state index contributed by atoms with van der Waals surface area (Å²) in [5, 5.41) is 0. The molecule has 0 spiro atoms. The molecule has 0 radical (unpaired) electrons. The average molecular weight is 555 g/mol. The maximum absolute atomic E-state index is 13.7. The van der Waals surface area contributed by atoms with Crippen LogP contribution >= 0.6 is 27.3 Å². The van der Waals surface area contributed by atoms with Crippen LogP contribution in [0.4, 0.5) is 0 Å². The van der Waals surface area contributed by atoms with E-state index in [1.54, 1.807) is 25.3 Å². The summed E-state index contributed by atoms with van der Waals surface area (Å²) in [7, 11) is 0. The largest absolute Gasteiger partial charge is 0.494 e. The van der Waals surface area contributed by atoms with Gasteiger partial charge in [-0.15, -0.1) is 0 Å². The zero-order valence-corrected chi connectivity index (χ0v) is 22.7. The van der Waals surface area contributed by atoms with Gasteiger partial charge in [0.25, 0.3) is 5.56 Å². The van der Waals surface area contributed by atoms with Gasteiger partial charge in [-0.2, -0.15) is 0 Å². The molecule has 1 aliphatic heterocycles. The first-order valence-electron chi connectivity index (χ1n) is 11.4. The number of hydrogen-bond acceptors (Lipinski definition) is 6. The number of aryl methyl sites for hydroxylation is 1. The fraction of sp³-hybridized carbons (Fsp3) is 0.296. The lowest BCUT2D eigenvalue weighted by atomic mass is 9.96. The summed E-state index contributed by atoms with van der Waals surface area (Å²) >= 11 is 4.87. The quantitative estimate of drug-likeness (QED) is 0.415. The van der Waals surface area contributed by atoms with E-state index in [1.807, 2.05) is 62.4 Å². The van der Waals surface area contributed by atoms with Crippen LogP contribution in [0.2, 0.25) is 0 Å². The van der Waals surface area contributed by atoms with Gasteiger partial charge >= 0.3 is 5.97 Å². The van der Waals surface area contributed by atoms with Crippen LogP contribution in [-0.2, 0) is 9.53 Å². The maximum Gasteiger partial charge on any atom is 0.338 e. The number of allylic oxidation sites excluding steroid dienone is 1. The first-order valence-corrected chi connectivity index (χ1v) is 13.0. The first-order chi connectivity index (χ1) is 16.7. The number of aromatic nitrogens is 1. The van der Waals surface area contributed by atoms with Gasteiger partial charge in [-0.1, -0.05) is 51.5 Å². The van der Waals surface area contributed by atoms with Crippen molar-refractivity contribution in [3.63, 3.8) is 0 Å². The molecule has 182 valence electrons. The molecular weight excluding hydrogens is 528 g/mol. The average Bonchev–Trinajstić information content (AvgIpc) is 3.10. The van der Waals surface area contributed by atoms with Crippen molar-refractivity contribution in [2.24, 2.45) is 4.99 Å². The zero-order chi connectivity index (χ0) is 25.3. The van der Waals surface area contributed by atoms with Gasteiger partial charge in [-0.25, -0.2) is 9.79 Å². The summed E-state index contributed by atoms with van der Waals surface area (Å²) in [6, 6.07) is 12.8. The van der Waals surface area contributed by atoms with E-state index in [-0.39, 0.29) is 11.7 Å². The highest BCUT2D eigenvalue weighted by Gasteiger charge is 2.33. The highest BCUT2D eigenvalue weighted by Crippen LogP contribution is 2.32. The van der Waals surface area contributed by atoms with Gasteiger partial charge < -0.3 is 9.47 Å². The minimum Gasteiger partial charge on any atom is -0.494 e. The van der Waals surface area contributed by atoms with Crippen molar-refractivity contribution in [2.75, 3.05) is 6.61 Å². The van der Waals surface area contributed by atoms with E-state index in [9.17, 15) is 9.59 Å². The summed E-state index contributed by atoms with van der Waals surface area (Å²) in [5.41, 5.74) is 3.50. The molecule has 1 atom stereocenters. The molecular formula is C27H27BrN2O4S. The lowest BCUT2D eigenvalue weighted by Crippen LogP contribution is -2.40. The molecule has 2 aromatic carbocycles. The highest BCUT2D eigenvalue weighted by atomic mass is 79.9. The predicted octanol–water partition coefficient (Wildman–Crippen LogP) is 4.66. The number of ether oxygens (including phenoxy) is 2. The molecule has 0 aliphatic carbocycles. The van der Waals surface area contributed by atoms with Gasteiger partial charge in [0, 0.05) is 4.47 Å². The van der Waals surface area contributed by atoms with E-state index < -0.39 is 12.0 Å². The Morgan fingerprint density at radius 1 is 1.20 bits per heavy atom. The molecule has 0 bridgehead atoms. The summed E-state index contributed by atoms with van der Waals surface area (Å²) < 4.78 is 14.2. The number of nitrogens with zero attached hydrogens (tertiary/aromatic N) is 2. The smallest absolute Gasteiger partial charge is 0.338 e. The molecule has 0 amide bonds. The van der Waals surface area contributed by atoms with Crippen LogP contribution in [0.3, 0.4) is 0 Å². The Morgan fingerprint density at radius 2 is 1.91 bits per heavy atom. The second-order valence-electron chi connectivity index (χ2n) is 8.55. The number of halogens is 1. The lowest BCUT2D eigenvalue weighted by molar-refractivity contribution is -0.143. The third-order valence-corrected chi connectivity index (χ3v) is 7.42. The standard InChI is InChI=1S/C27H27BrN2O4S/c1-6-33-20-11-9-19(10-12-20)24-23(26(32)34-15(2)3)17(5)29-27-30(24)25(31)22(35-27)14-18-8-7-16(4)21(28)13-18/h7-15,24H,6H2,1-5H3/b22-14+/t24-/m0/s1. The summed E-state index contributed by atoms with van der Waals surface area (Å²) in [6.07, 6.45) is 1.56. The molecule has 1 aromatic heterocycles. The summed E-state index contributed by atoms with van der Waals surface area (Å²) in [5.74, 6) is 0.248. The summed E-state index contributed by atoms with van der Waals surface area (Å²) in [4.78, 5) is 32.0. The van der Waals surface area contributed by atoms with Gasteiger partial charge in [-0.05, 0) is 75.6 Å². The number of rotatable bonds is 6. The van der Waals surface area contributed by atoms with E-state index in [0.29, 0.717) is 27.2 Å². The first kappa shape index (κ1) is 25.1. The Hall–Kier alpha value is -2.97. The van der Waals surface area contributed by atoms with Gasteiger partial charge in [0.1, 0.15) is 5.75 Å². The molecule has 1 aliphatic rings. The van der Waals surface area contributed by atoms with Crippen molar-refractivity contribution in [1.29, 1.82) is 0 Å². The van der Waals surface area contributed by atoms with Crippen LogP contribution in [0.25, 0.3) is 6.08 Å². The van der Waals surface area contributed by atoms with E-state index in [2.05, 4.69) is 20.9 Å². The molecule has 3 aromatic rings. The fourth-order valence-corrected chi connectivity index (χ4v) is 5.38. The molecule has 0 N–H and O–H groups in total. The maximum atomic E-state index is 13.7. The number of esters is 1. The zero-order valence-electron chi connectivity index (χ0n) is 20.3. The number of carbonyl (C=O) groups excluding carboxylic acids is 1. The van der Waals surface area contributed by atoms with Crippen LogP contribution in [0.15, 0.2) is 68.0 Å². The minimum absolute atomic E-state index is 0.202. The molecule has 0 unspecified atom stereocenters. The molecule has 2 heterocycles. The van der Waals surface area contributed by atoms with E-state index in [1.165, 1.54) is 11.3 Å². The second kappa shape index (κ2) is 10.3. The Morgan fingerprint density at radius 3 is 2.54 bits per heavy atom. The lowest BCUT2D eigenvalue weighted by Gasteiger charge is -2.25. The molecule has 0 fully saturated rings. The van der Waals surface area contributed by atoms with Crippen molar-refractivity contribution in [3.8, 4) is 5.75 Å². The molecule has 0 saturated carbocycles. The number of fused-ring (bicyclic) bond motifs is 1. The van der Waals surface area contributed by atoms with Gasteiger partial charge in [0.2, 0.25) is 0 Å². The SMILES string of the molecule is CCOc1ccc([C@H]2C(C(=O)OC(C)C)=C(C)N=c3s/c(=C/c4ccc(C)c(Br)c4)c(=O)n32)cc1. The van der Waals surface area contributed by atoms with E-state index in [0.717, 1.165) is 26.9 Å². The normalized spacial score (nSPS) is 15.7. The number of hydrogen-bond donors (Lipinski definition) is 0. The molecule has 6 nitrogen and oxygen atoms in total. The van der Waals surface area contributed by atoms with Gasteiger partial charge in [0.05, 0.1) is 34.6 Å². The third-order valence-electron chi connectivity index (χ3n) is 5.58. The topological polar surface area (TPSA) is 69.9 Å². The Balaban J connectivity index is 1.91. The molecule has 8 heteroatoms. The number of benzene rings is 2. The van der Waals surface area contributed by atoms with Gasteiger partial charge in [-0.3, -0.25) is 9.36 Å². The third kappa shape index (κ3) is 5.18. The van der Waals surface area contributed by atoms with Crippen LogP contribution < -0.4 is 19.6 Å². The van der Waals surface area contributed by atoms with Gasteiger partial charge in [0.15, 0.2) is 4.80 Å². The van der Waals surface area contributed by atoms with Crippen molar-refractivity contribution in [2.45, 2.75) is 46.8 Å². The van der Waals surface area contributed by atoms with E-state index >= 15 is 0 Å². The Kier molecular flexibility index (Phi) is 7.42. The monoisotopic (exact) mass is 554 g/mol. The molecule has 0 saturated heterocycles. The van der Waals surface area contributed by atoms with Crippen LogP contribution in [0, 0.1) is 6.92 Å². The molecule has 35 heavy (non-hydrogen) atoms. The number of thiazole rings is 1. The van der Waals surface area contributed by atoms with Crippen molar-refractivity contribution >= 4 is 39.3 Å². The van der Waals surface area contributed by atoms with Crippen LogP contribution in [0.1, 0.15) is 50.4 Å². The minimum atomic E-state index is -0.653. The van der Waals surface area contributed by atoms with Crippen molar-refractivity contribution in [3.05, 3.63) is 94.6 Å². The van der Waals surface area contributed by atoms with Crippen molar-refractivity contribution < 1.29 is 14.3 Å². The summed E-state index contributed by atoms with van der Waals surface area (Å²) in [6.45, 7) is 9.87. The number of carbonyl (C=O) groups is 1. The molecule has 4 rings (SSSR count). The Bertz CT molecular complexity index is 1480. The highest BCUT2D eigenvalue weighted by molar-refractivity contribution is 9.10. The van der Waals surface area contributed by atoms with Crippen LogP contribution in [-0.4, -0.2) is 23.2 Å². The predicted molar refractivity (Wildman–Crippen MR) is 141 cm³/mol. The fourth-order valence-electron chi connectivity index (χ4n) is 3.94.